The molecular formula is C13H28N2O2. The number of aliphatic hydroxyl groups excluding tert-OH is 1. The molecule has 1 fully saturated rings. The van der Waals surface area contributed by atoms with E-state index in [4.69, 9.17) is 10.8 Å². The molecule has 0 heterocycles. The molecule has 0 saturated heterocycles. The van der Waals surface area contributed by atoms with E-state index in [0.717, 1.165) is 12.8 Å². The Morgan fingerprint density at radius 1 is 1.29 bits per heavy atom. The minimum atomic E-state index is 0.213. The van der Waals surface area contributed by atoms with E-state index in [1.807, 2.05) is 0 Å². The number of nitrogens with one attached hydrogen (secondary N) is 1. The van der Waals surface area contributed by atoms with Gasteiger partial charge >= 0.3 is 0 Å². The number of hydrogen-bond acceptors (Lipinski definition) is 3. The zero-order valence-corrected chi connectivity index (χ0v) is 11.1. The predicted octanol–water partition coefficient (Wildman–Crippen LogP) is 1.56. The first-order valence-electron chi connectivity index (χ1n) is 6.84. The smallest absolute Gasteiger partial charge is 0.220 e. The molecule has 1 saturated carbocycles. The molecule has 4 N–H and O–H groups in total. The first-order valence-corrected chi connectivity index (χ1v) is 6.84. The van der Waals surface area contributed by atoms with Crippen LogP contribution in [0, 0.1) is 0 Å². The minimum Gasteiger partial charge on any atom is -0.397 e. The maximum absolute atomic E-state index is 11.4. The van der Waals surface area contributed by atoms with Crippen LogP contribution >= 0.6 is 0 Å². The molecule has 0 bridgehead atoms. The zero-order valence-electron chi connectivity index (χ0n) is 11.1. The molecule has 0 radical (unpaired) electrons. The van der Waals surface area contributed by atoms with Crippen molar-refractivity contribution in [1.29, 1.82) is 0 Å². The molecule has 102 valence electrons. The van der Waals surface area contributed by atoms with E-state index >= 15 is 0 Å². The van der Waals surface area contributed by atoms with Gasteiger partial charge in [-0.3, -0.25) is 4.79 Å². The monoisotopic (exact) mass is 244 g/mol. The van der Waals surface area contributed by atoms with E-state index in [9.17, 15) is 4.79 Å². The highest BCUT2D eigenvalue weighted by Gasteiger charge is 2.14. The molecule has 1 aliphatic rings. The maximum Gasteiger partial charge on any atom is 0.220 e. The van der Waals surface area contributed by atoms with Crippen molar-refractivity contribution in [1.82, 2.24) is 5.32 Å². The Bertz CT molecular complexity index is 180. The van der Waals surface area contributed by atoms with Crippen molar-refractivity contribution >= 4 is 5.91 Å². The van der Waals surface area contributed by atoms with Crippen molar-refractivity contribution in [3.63, 3.8) is 0 Å². The summed E-state index contributed by atoms with van der Waals surface area (Å²) < 4.78 is 0. The van der Waals surface area contributed by atoms with Gasteiger partial charge in [-0.25, -0.2) is 0 Å². The highest BCUT2D eigenvalue weighted by atomic mass is 16.2. The second-order valence-electron chi connectivity index (χ2n) is 4.46. The van der Waals surface area contributed by atoms with Crippen molar-refractivity contribution in [2.24, 2.45) is 5.73 Å². The molecule has 1 aliphatic carbocycles. The Hall–Kier alpha value is -0.610. The van der Waals surface area contributed by atoms with Gasteiger partial charge < -0.3 is 16.2 Å². The van der Waals surface area contributed by atoms with Gasteiger partial charge in [-0.2, -0.15) is 0 Å². The molecule has 0 aromatic heterocycles. The quantitative estimate of drug-likeness (QED) is 0.642. The summed E-state index contributed by atoms with van der Waals surface area (Å²) in [6.07, 6.45) is 8.74. The fourth-order valence-electron chi connectivity index (χ4n) is 1.98. The third kappa shape index (κ3) is 10.3. The van der Waals surface area contributed by atoms with E-state index in [1.54, 1.807) is 6.92 Å². The van der Waals surface area contributed by atoms with Crippen LogP contribution in [0.25, 0.3) is 0 Å². The number of hydrogen-bond donors (Lipinski definition) is 3. The van der Waals surface area contributed by atoms with Gasteiger partial charge in [0.1, 0.15) is 0 Å². The lowest BCUT2D eigenvalue weighted by Gasteiger charge is -2.22. The van der Waals surface area contributed by atoms with Crippen LogP contribution in [0.1, 0.15) is 58.3 Å². The highest BCUT2D eigenvalue weighted by molar-refractivity contribution is 5.76. The van der Waals surface area contributed by atoms with Crippen molar-refractivity contribution in [2.45, 2.75) is 64.3 Å². The standard InChI is InChI=1S/C11H22N2O.C2H6O/c12-9-5-4-8-11(14)13-10-6-2-1-3-7-10;1-2-3/h10H,1-9,12H2,(H,13,14);3H,2H2,1H3. The number of unbranched alkanes of at least 4 members (excludes halogenated alkanes) is 1. The van der Waals surface area contributed by atoms with Crippen LogP contribution in [0.5, 0.6) is 0 Å². The molecular weight excluding hydrogens is 216 g/mol. The van der Waals surface area contributed by atoms with Crippen LogP contribution in [-0.2, 0) is 4.79 Å². The summed E-state index contributed by atoms with van der Waals surface area (Å²) in [6.45, 7) is 2.62. The van der Waals surface area contributed by atoms with E-state index in [-0.39, 0.29) is 12.5 Å². The minimum absolute atomic E-state index is 0.213. The Kier molecular flexibility index (Phi) is 11.4. The predicted molar refractivity (Wildman–Crippen MR) is 70.7 cm³/mol. The molecule has 4 heteroatoms. The Morgan fingerprint density at radius 2 is 1.88 bits per heavy atom. The number of carbonyl (C=O) groups excluding carboxylic acids is 1. The molecule has 0 spiro atoms. The average Bonchev–Trinajstić information content (AvgIpc) is 2.31. The van der Waals surface area contributed by atoms with Crippen LogP contribution in [-0.4, -0.2) is 30.2 Å². The SMILES string of the molecule is CCO.NCCCCC(=O)NC1CCCCC1. The van der Waals surface area contributed by atoms with Crippen LogP contribution < -0.4 is 11.1 Å². The Labute approximate surface area is 105 Å². The maximum atomic E-state index is 11.4. The lowest BCUT2D eigenvalue weighted by molar-refractivity contribution is -0.122. The molecule has 1 amide bonds. The van der Waals surface area contributed by atoms with Gasteiger partial charge in [0.2, 0.25) is 5.91 Å². The zero-order chi connectivity index (χ0) is 12.9. The van der Waals surface area contributed by atoms with Gasteiger partial charge in [0.15, 0.2) is 0 Å². The van der Waals surface area contributed by atoms with Gasteiger partial charge in [-0.15, -0.1) is 0 Å². The second kappa shape index (κ2) is 11.9. The van der Waals surface area contributed by atoms with E-state index < -0.39 is 0 Å². The fourth-order valence-corrected chi connectivity index (χ4v) is 1.98. The highest BCUT2D eigenvalue weighted by Crippen LogP contribution is 2.17. The van der Waals surface area contributed by atoms with E-state index in [2.05, 4.69) is 5.32 Å². The summed E-state index contributed by atoms with van der Waals surface area (Å²) in [5.74, 6) is 0.213. The summed E-state index contributed by atoms with van der Waals surface area (Å²) in [7, 11) is 0. The first-order chi connectivity index (χ1) is 8.24. The molecule has 0 unspecified atom stereocenters. The summed E-state index contributed by atoms with van der Waals surface area (Å²) in [6, 6.07) is 0.453. The third-order valence-corrected chi connectivity index (χ3v) is 2.83. The van der Waals surface area contributed by atoms with Gasteiger partial charge in [0.05, 0.1) is 0 Å². The summed E-state index contributed by atoms with van der Waals surface area (Å²) >= 11 is 0. The summed E-state index contributed by atoms with van der Waals surface area (Å²) in [5, 5.41) is 10.7. The summed E-state index contributed by atoms with van der Waals surface area (Å²) in [4.78, 5) is 11.4. The molecule has 0 atom stereocenters. The lowest BCUT2D eigenvalue weighted by Crippen LogP contribution is -2.36. The molecule has 0 aromatic rings. The Morgan fingerprint density at radius 3 is 2.41 bits per heavy atom. The Balaban J connectivity index is 0.000000770. The van der Waals surface area contributed by atoms with E-state index in [0.29, 0.717) is 19.0 Å². The summed E-state index contributed by atoms with van der Waals surface area (Å²) in [5.41, 5.74) is 5.37. The largest absolute Gasteiger partial charge is 0.397 e. The number of rotatable bonds is 5. The molecule has 4 nitrogen and oxygen atoms in total. The van der Waals surface area contributed by atoms with Crippen molar-refractivity contribution in [2.75, 3.05) is 13.2 Å². The van der Waals surface area contributed by atoms with Gasteiger partial charge in [-0.1, -0.05) is 19.3 Å². The van der Waals surface area contributed by atoms with Crippen LogP contribution in [0.2, 0.25) is 0 Å². The second-order valence-corrected chi connectivity index (χ2v) is 4.46. The molecule has 17 heavy (non-hydrogen) atoms. The number of nitrogens with two attached hydrogens (primary N) is 1. The average molecular weight is 244 g/mol. The first kappa shape index (κ1) is 16.4. The van der Waals surface area contributed by atoms with Crippen molar-refractivity contribution < 1.29 is 9.90 Å². The molecule has 0 aliphatic heterocycles. The van der Waals surface area contributed by atoms with Gasteiger partial charge in [0.25, 0.3) is 0 Å². The van der Waals surface area contributed by atoms with Crippen molar-refractivity contribution in [3.8, 4) is 0 Å². The van der Waals surface area contributed by atoms with Gasteiger partial charge in [-0.05, 0) is 39.2 Å². The lowest BCUT2D eigenvalue weighted by atomic mass is 9.95. The normalized spacial score (nSPS) is 15.9. The topological polar surface area (TPSA) is 75.3 Å². The number of amides is 1. The van der Waals surface area contributed by atoms with Crippen LogP contribution in [0.15, 0.2) is 0 Å². The van der Waals surface area contributed by atoms with Crippen molar-refractivity contribution in [3.05, 3.63) is 0 Å². The van der Waals surface area contributed by atoms with Crippen LogP contribution in [0.3, 0.4) is 0 Å². The number of carbonyl (C=O) groups is 1. The van der Waals surface area contributed by atoms with Gasteiger partial charge in [0, 0.05) is 19.1 Å². The number of aliphatic hydroxyl groups is 1. The van der Waals surface area contributed by atoms with E-state index in [1.165, 1.54) is 32.1 Å². The van der Waals surface area contributed by atoms with Crippen LogP contribution in [0.4, 0.5) is 0 Å². The third-order valence-electron chi connectivity index (χ3n) is 2.83. The fraction of sp³-hybridized carbons (Fsp3) is 0.923. The molecule has 1 rings (SSSR count). The molecule has 0 aromatic carbocycles.